The fourth-order valence-corrected chi connectivity index (χ4v) is 1.20. The molecule has 0 aliphatic rings. The van der Waals surface area contributed by atoms with Crippen LogP contribution in [0.1, 0.15) is 11.7 Å². The van der Waals surface area contributed by atoms with Gasteiger partial charge in [-0.25, -0.2) is 14.7 Å². The number of imidazole rings is 1. The Labute approximate surface area is 102 Å². The minimum Gasteiger partial charge on any atom is -0.465 e. The third kappa shape index (κ3) is 3.04. The molecular formula is C9H13N5O4. The first kappa shape index (κ1) is 13.6. The minimum atomic E-state index is -1.42. The Morgan fingerprint density at radius 2 is 2.28 bits per heavy atom. The average molecular weight is 255 g/mol. The lowest BCUT2D eigenvalue weighted by molar-refractivity contribution is -0.133. The lowest BCUT2D eigenvalue weighted by Gasteiger charge is -2.20. The van der Waals surface area contributed by atoms with Gasteiger partial charge in [0, 0.05) is 7.05 Å². The highest BCUT2D eigenvalue weighted by atomic mass is 16.4. The van der Waals surface area contributed by atoms with Crippen LogP contribution in [0.25, 0.3) is 0 Å². The molecule has 0 aromatic carbocycles. The molecule has 3 amide bonds. The van der Waals surface area contributed by atoms with E-state index in [1.807, 2.05) is 0 Å². The molecule has 1 rings (SSSR count). The molecule has 5 N–H and O–H groups in total. The van der Waals surface area contributed by atoms with Crippen molar-refractivity contribution in [1.29, 1.82) is 0 Å². The fraction of sp³-hybridized carbons (Fsp3) is 0.333. The van der Waals surface area contributed by atoms with Crippen molar-refractivity contribution in [2.75, 3.05) is 13.6 Å². The van der Waals surface area contributed by atoms with E-state index in [4.69, 9.17) is 10.8 Å². The molecule has 1 unspecified atom stereocenters. The van der Waals surface area contributed by atoms with Crippen molar-refractivity contribution in [2.45, 2.75) is 6.04 Å². The van der Waals surface area contributed by atoms with Crippen molar-refractivity contribution in [1.82, 2.24) is 20.2 Å². The van der Waals surface area contributed by atoms with Crippen LogP contribution in [-0.2, 0) is 9.59 Å². The molecule has 9 heteroatoms. The number of carboxylic acid groups (broad SMARTS) is 1. The highest BCUT2D eigenvalue weighted by Gasteiger charge is 2.29. The van der Waals surface area contributed by atoms with Gasteiger partial charge in [0.2, 0.25) is 5.91 Å². The molecular weight excluding hydrogens is 242 g/mol. The summed E-state index contributed by atoms with van der Waals surface area (Å²) in [5.41, 5.74) is 5.40. The van der Waals surface area contributed by atoms with Gasteiger partial charge in [-0.2, -0.15) is 0 Å². The first-order valence-corrected chi connectivity index (χ1v) is 4.95. The summed E-state index contributed by atoms with van der Waals surface area (Å²) in [6.07, 6.45) is 1.20. The number of nitrogens with two attached hydrogens (primary N) is 1. The zero-order valence-corrected chi connectivity index (χ0v) is 9.58. The molecule has 0 radical (unpaired) electrons. The lowest BCUT2D eigenvalue weighted by atomic mass is 10.2. The maximum atomic E-state index is 11.9. The fourth-order valence-electron chi connectivity index (χ4n) is 1.20. The van der Waals surface area contributed by atoms with E-state index in [9.17, 15) is 14.4 Å². The lowest BCUT2D eigenvalue weighted by Crippen LogP contribution is -2.45. The second kappa shape index (κ2) is 5.77. The Morgan fingerprint density at radius 1 is 1.61 bits per heavy atom. The molecule has 0 saturated carbocycles. The summed E-state index contributed by atoms with van der Waals surface area (Å²) in [6, 6.07) is -1.16. The smallest absolute Gasteiger partial charge is 0.413 e. The number of carbonyl (C=O) groups is 3. The van der Waals surface area contributed by atoms with Crippen LogP contribution >= 0.6 is 0 Å². The number of aromatic amines is 1. The van der Waals surface area contributed by atoms with Gasteiger partial charge in [0.25, 0.3) is 5.91 Å². The normalized spacial score (nSPS) is 11.7. The molecule has 1 aromatic heterocycles. The zero-order valence-electron chi connectivity index (χ0n) is 9.58. The number of aromatic nitrogens is 2. The summed E-state index contributed by atoms with van der Waals surface area (Å²) in [5, 5.41) is 11.0. The number of hydrogen-bond acceptors (Lipinski definition) is 5. The average Bonchev–Trinajstić information content (AvgIpc) is 2.87. The second-order valence-electron chi connectivity index (χ2n) is 3.39. The van der Waals surface area contributed by atoms with Crippen LogP contribution in [0.5, 0.6) is 0 Å². The van der Waals surface area contributed by atoms with Gasteiger partial charge in [-0.05, 0) is 0 Å². The number of nitrogens with one attached hydrogen (secondary N) is 2. The molecule has 1 atom stereocenters. The number of carbonyl (C=O) groups excluding carboxylic acids is 2. The molecule has 1 heterocycles. The monoisotopic (exact) mass is 255 g/mol. The quantitative estimate of drug-likeness (QED) is 0.524. The van der Waals surface area contributed by atoms with Gasteiger partial charge in [0.05, 0.1) is 24.8 Å². The van der Waals surface area contributed by atoms with Crippen molar-refractivity contribution < 1.29 is 19.5 Å². The van der Waals surface area contributed by atoms with Gasteiger partial charge in [0.1, 0.15) is 0 Å². The number of imide groups is 1. The second-order valence-corrected chi connectivity index (χ2v) is 3.39. The van der Waals surface area contributed by atoms with Crippen molar-refractivity contribution in [3.63, 3.8) is 0 Å². The Balaban J connectivity index is 2.94. The number of hydrogen-bond donors (Lipinski definition) is 4. The third-order valence-corrected chi connectivity index (χ3v) is 2.19. The van der Waals surface area contributed by atoms with Crippen LogP contribution in [0.15, 0.2) is 12.5 Å². The van der Waals surface area contributed by atoms with Crippen molar-refractivity contribution in [2.24, 2.45) is 5.73 Å². The number of amides is 3. The highest BCUT2D eigenvalue weighted by Crippen LogP contribution is 2.12. The van der Waals surface area contributed by atoms with Crippen molar-refractivity contribution >= 4 is 17.9 Å². The first-order valence-electron chi connectivity index (χ1n) is 4.95. The summed E-state index contributed by atoms with van der Waals surface area (Å²) in [4.78, 5) is 40.6. The number of likely N-dealkylation sites (N-methyl/N-ethyl adjacent to an activating group) is 1. The standard InChI is InChI=1S/C9H13N5O4/c1-14(9(17)18)8(16)7(13-6(15)2-10)5-3-11-4-12-5/h3-4,7H,2,10H2,1H3,(H,11,12)(H,13,15)(H,17,18). The summed E-state index contributed by atoms with van der Waals surface area (Å²) in [7, 11) is 1.09. The topological polar surface area (TPSA) is 141 Å². The van der Waals surface area contributed by atoms with Gasteiger partial charge in [-0.1, -0.05) is 0 Å². The van der Waals surface area contributed by atoms with Crippen LogP contribution < -0.4 is 11.1 Å². The van der Waals surface area contributed by atoms with Gasteiger partial charge in [0.15, 0.2) is 6.04 Å². The predicted octanol–water partition coefficient (Wildman–Crippen LogP) is -1.34. The van der Waals surface area contributed by atoms with E-state index >= 15 is 0 Å². The van der Waals surface area contributed by atoms with Crippen LogP contribution in [0.3, 0.4) is 0 Å². The van der Waals surface area contributed by atoms with E-state index in [0.29, 0.717) is 4.90 Å². The van der Waals surface area contributed by atoms with E-state index in [0.717, 1.165) is 7.05 Å². The van der Waals surface area contributed by atoms with E-state index in [1.54, 1.807) is 0 Å². The van der Waals surface area contributed by atoms with Crippen LogP contribution in [0.2, 0.25) is 0 Å². The van der Waals surface area contributed by atoms with E-state index in [-0.39, 0.29) is 12.2 Å². The van der Waals surface area contributed by atoms with Crippen LogP contribution in [0, 0.1) is 0 Å². The molecule has 0 fully saturated rings. The largest absolute Gasteiger partial charge is 0.465 e. The van der Waals surface area contributed by atoms with Crippen LogP contribution in [0.4, 0.5) is 4.79 Å². The number of rotatable bonds is 4. The molecule has 98 valence electrons. The zero-order chi connectivity index (χ0) is 13.7. The molecule has 0 saturated heterocycles. The molecule has 0 bridgehead atoms. The van der Waals surface area contributed by atoms with E-state index in [2.05, 4.69) is 15.3 Å². The molecule has 1 aromatic rings. The first-order chi connectivity index (χ1) is 8.47. The Morgan fingerprint density at radius 3 is 2.72 bits per heavy atom. The third-order valence-electron chi connectivity index (χ3n) is 2.19. The Kier molecular flexibility index (Phi) is 4.38. The summed E-state index contributed by atoms with van der Waals surface area (Å²) >= 11 is 0. The molecule has 0 aliphatic heterocycles. The molecule has 9 nitrogen and oxygen atoms in total. The summed E-state index contributed by atoms with van der Waals surface area (Å²) in [6.45, 7) is -0.311. The SMILES string of the molecule is CN(C(=O)O)C(=O)C(NC(=O)CN)c1cnc[nH]1. The predicted molar refractivity (Wildman–Crippen MR) is 59.3 cm³/mol. The van der Waals surface area contributed by atoms with Gasteiger partial charge >= 0.3 is 6.09 Å². The van der Waals surface area contributed by atoms with Crippen LogP contribution in [-0.4, -0.2) is 51.5 Å². The molecule has 18 heavy (non-hydrogen) atoms. The maximum Gasteiger partial charge on any atom is 0.413 e. The Bertz CT molecular complexity index is 444. The molecule has 0 aliphatic carbocycles. The van der Waals surface area contributed by atoms with Crippen molar-refractivity contribution in [3.8, 4) is 0 Å². The van der Waals surface area contributed by atoms with E-state index in [1.165, 1.54) is 12.5 Å². The summed E-state index contributed by atoms with van der Waals surface area (Å²) in [5.74, 6) is -1.39. The maximum absolute atomic E-state index is 11.9. The number of H-pyrrole nitrogens is 1. The number of nitrogens with zero attached hydrogens (tertiary/aromatic N) is 2. The van der Waals surface area contributed by atoms with E-state index < -0.39 is 23.9 Å². The van der Waals surface area contributed by atoms with Gasteiger partial charge in [-0.15, -0.1) is 0 Å². The van der Waals surface area contributed by atoms with Gasteiger partial charge < -0.3 is 21.1 Å². The highest BCUT2D eigenvalue weighted by molar-refractivity contribution is 5.96. The minimum absolute atomic E-state index is 0.273. The summed E-state index contributed by atoms with van der Waals surface area (Å²) < 4.78 is 0. The molecule has 0 spiro atoms. The van der Waals surface area contributed by atoms with Gasteiger partial charge in [-0.3, -0.25) is 9.59 Å². The Hall–Kier alpha value is -2.42. The van der Waals surface area contributed by atoms with Crippen molar-refractivity contribution in [3.05, 3.63) is 18.2 Å².